The van der Waals surface area contributed by atoms with Crippen LogP contribution in [-0.2, 0) is 9.47 Å². The Labute approximate surface area is 74.6 Å². The van der Waals surface area contributed by atoms with Crippen LogP contribution in [0.3, 0.4) is 0 Å². The van der Waals surface area contributed by atoms with Gasteiger partial charge in [-0.05, 0) is 24.8 Å². The van der Waals surface area contributed by atoms with Crippen molar-refractivity contribution in [3.8, 4) is 0 Å². The maximum atomic E-state index is 5.40. The average Bonchev–Trinajstić information content (AvgIpc) is 2.40. The van der Waals surface area contributed by atoms with Crippen LogP contribution in [0.2, 0.25) is 0 Å². The predicted octanol–water partition coefficient (Wildman–Crippen LogP) is 2.00. The standard InChI is InChI=1S/C10H18O2/c1-5-8-7(2)6-9(11-3)10(8)12-4/h5,7,9-10H,6H2,1-4H3/b8-5+/t7-,9-,10+/m1/s1. The van der Waals surface area contributed by atoms with E-state index in [1.165, 1.54) is 5.57 Å². The molecular weight excluding hydrogens is 152 g/mol. The number of methoxy groups -OCH3 is 2. The smallest absolute Gasteiger partial charge is 0.104 e. The largest absolute Gasteiger partial charge is 0.378 e. The van der Waals surface area contributed by atoms with E-state index >= 15 is 0 Å². The molecule has 3 atom stereocenters. The second-order valence-corrected chi connectivity index (χ2v) is 3.36. The van der Waals surface area contributed by atoms with Gasteiger partial charge in [0.05, 0.1) is 6.10 Å². The minimum atomic E-state index is 0.176. The summed E-state index contributed by atoms with van der Waals surface area (Å²) in [7, 11) is 3.50. The maximum Gasteiger partial charge on any atom is 0.104 e. The van der Waals surface area contributed by atoms with Crippen molar-refractivity contribution in [3.05, 3.63) is 11.6 Å². The summed E-state index contributed by atoms with van der Waals surface area (Å²) in [5, 5.41) is 0. The van der Waals surface area contributed by atoms with E-state index in [1.54, 1.807) is 14.2 Å². The molecule has 1 aliphatic rings. The minimum absolute atomic E-state index is 0.176. The Morgan fingerprint density at radius 1 is 1.33 bits per heavy atom. The van der Waals surface area contributed by atoms with Crippen LogP contribution >= 0.6 is 0 Å². The van der Waals surface area contributed by atoms with E-state index < -0.39 is 0 Å². The lowest BCUT2D eigenvalue weighted by Crippen LogP contribution is -2.24. The number of hydrogen-bond donors (Lipinski definition) is 0. The van der Waals surface area contributed by atoms with E-state index in [9.17, 15) is 0 Å². The van der Waals surface area contributed by atoms with Crippen LogP contribution < -0.4 is 0 Å². The lowest BCUT2D eigenvalue weighted by atomic mass is 10.0. The zero-order valence-corrected chi connectivity index (χ0v) is 8.33. The average molecular weight is 170 g/mol. The SMILES string of the molecule is C/C=C1\[C@H](C)C[C@@H](OC)[C@H]1OC. The summed E-state index contributed by atoms with van der Waals surface area (Å²) in [6.45, 7) is 4.29. The fraction of sp³-hybridized carbons (Fsp3) is 0.800. The van der Waals surface area contributed by atoms with Crippen molar-refractivity contribution in [2.24, 2.45) is 5.92 Å². The fourth-order valence-electron chi connectivity index (χ4n) is 2.06. The highest BCUT2D eigenvalue weighted by atomic mass is 16.5. The van der Waals surface area contributed by atoms with Crippen LogP contribution in [-0.4, -0.2) is 26.4 Å². The molecule has 0 aliphatic heterocycles. The molecule has 0 bridgehead atoms. The van der Waals surface area contributed by atoms with Gasteiger partial charge < -0.3 is 9.47 Å². The molecular formula is C10H18O2. The molecule has 0 amide bonds. The van der Waals surface area contributed by atoms with Gasteiger partial charge in [-0.2, -0.15) is 0 Å². The summed E-state index contributed by atoms with van der Waals surface area (Å²) < 4.78 is 10.7. The van der Waals surface area contributed by atoms with Gasteiger partial charge in [0.2, 0.25) is 0 Å². The third kappa shape index (κ3) is 1.54. The predicted molar refractivity (Wildman–Crippen MR) is 49.1 cm³/mol. The highest BCUT2D eigenvalue weighted by molar-refractivity contribution is 5.19. The van der Waals surface area contributed by atoms with Gasteiger partial charge in [0.15, 0.2) is 0 Å². The van der Waals surface area contributed by atoms with Crippen LogP contribution in [0.4, 0.5) is 0 Å². The number of ether oxygens (including phenoxy) is 2. The third-order valence-electron chi connectivity index (χ3n) is 2.71. The number of hydrogen-bond acceptors (Lipinski definition) is 2. The van der Waals surface area contributed by atoms with Gasteiger partial charge in [-0.15, -0.1) is 0 Å². The monoisotopic (exact) mass is 170 g/mol. The second kappa shape index (κ2) is 4.06. The van der Waals surface area contributed by atoms with Crippen molar-refractivity contribution < 1.29 is 9.47 Å². The first-order chi connectivity index (χ1) is 5.74. The molecule has 0 N–H and O–H groups in total. The first kappa shape index (κ1) is 9.75. The molecule has 1 rings (SSSR count). The summed E-state index contributed by atoms with van der Waals surface area (Å²) in [5.74, 6) is 0.602. The Balaban J connectivity index is 2.75. The first-order valence-electron chi connectivity index (χ1n) is 4.46. The molecule has 0 unspecified atom stereocenters. The van der Waals surface area contributed by atoms with Crippen LogP contribution in [0.1, 0.15) is 20.3 Å². The fourth-order valence-corrected chi connectivity index (χ4v) is 2.06. The van der Waals surface area contributed by atoms with Gasteiger partial charge in [-0.1, -0.05) is 13.0 Å². The van der Waals surface area contributed by atoms with Gasteiger partial charge in [0, 0.05) is 14.2 Å². The molecule has 0 aromatic rings. The van der Waals surface area contributed by atoms with E-state index in [1.807, 2.05) is 0 Å². The van der Waals surface area contributed by atoms with Crippen molar-refractivity contribution in [2.75, 3.05) is 14.2 Å². The molecule has 0 radical (unpaired) electrons. The third-order valence-corrected chi connectivity index (χ3v) is 2.71. The topological polar surface area (TPSA) is 18.5 Å². The molecule has 0 saturated heterocycles. The normalized spacial score (nSPS) is 39.3. The minimum Gasteiger partial charge on any atom is -0.378 e. The Morgan fingerprint density at radius 2 is 2.00 bits per heavy atom. The van der Waals surface area contributed by atoms with Gasteiger partial charge in [-0.3, -0.25) is 0 Å². The highest BCUT2D eigenvalue weighted by Crippen LogP contribution is 2.34. The first-order valence-corrected chi connectivity index (χ1v) is 4.46. The number of allylic oxidation sites excluding steroid dienone is 1. The molecule has 2 nitrogen and oxygen atoms in total. The summed E-state index contributed by atoms with van der Waals surface area (Å²) in [6, 6.07) is 0. The molecule has 1 fully saturated rings. The van der Waals surface area contributed by atoms with Crippen LogP contribution in [0.5, 0.6) is 0 Å². The Hall–Kier alpha value is -0.340. The number of rotatable bonds is 2. The van der Waals surface area contributed by atoms with E-state index in [0.717, 1.165) is 6.42 Å². The van der Waals surface area contributed by atoms with Crippen molar-refractivity contribution in [2.45, 2.75) is 32.5 Å². The Bertz CT molecular complexity index is 175. The van der Waals surface area contributed by atoms with Crippen LogP contribution in [0.25, 0.3) is 0 Å². The van der Waals surface area contributed by atoms with Gasteiger partial charge >= 0.3 is 0 Å². The molecule has 0 spiro atoms. The van der Waals surface area contributed by atoms with Crippen molar-refractivity contribution >= 4 is 0 Å². The molecule has 70 valence electrons. The van der Waals surface area contributed by atoms with Gasteiger partial charge in [0.1, 0.15) is 6.10 Å². The summed E-state index contributed by atoms with van der Waals surface area (Å²) in [5.41, 5.74) is 1.38. The molecule has 0 heterocycles. The highest BCUT2D eigenvalue weighted by Gasteiger charge is 2.36. The van der Waals surface area contributed by atoms with Crippen LogP contribution in [0.15, 0.2) is 11.6 Å². The zero-order valence-electron chi connectivity index (χ0n) is 8.33. The summed E-state index contributed by atoms with van der Waals surface area (Å²) in [4.78, 5) is 0. The Morgan fingerprint density at radius 3 is 2.42 bits per heavy atom. The van der Waals surface area contributed by atoms with E-state index in [0.29, 0.717) is 5.92 Å². The van der Waals surface area contributed by atoms with Crippen LogP contribution in [0, 0.1) is 5.92 Å². The molecule has 2 heteroatoms. The van der Waals surface area contributed by atoms with Crippen molar-refractivity contribution in [1.82, 2.24) is 0 Å². The second-order valence-electron chi connectivity index (χ2n) is 3.36. The lowest BCUT2D eigenvalue weighted by Gasteiger charge is -2.17. The quantitative estimate of drug-likeness (QED) is 0.590. The molecule has 1 aliphatic carbocycles. The lowest BCUT2D eigenvalue weighted by molar-refractivity contribution is -0.00238. The summed E-state index contributed by atoms with van der Waals surface area (Å²) >= 11 is 0. The van der Waals surface area contributed by atoms with Crippen molar-refractivity contribution in [1.29, 1.82) is 0 Å². The Kier molecular flexibility index (Phi) is 3.29. The zero-order chi connectivity index (χ0) is 9.14. The van der Waals surface area contributed by atoms with Gasteiger partial charge in [-0.25, -0.2) is 0 Å². The van der Waals surface area contributed by atoms with E-state index in [2.05, 4.69) is 19.9 Å². The maximum absolute atomic E-state index is 5.40. The summed E-state index contributed by atoms with van der Waals surface area (Å²) in [6.07, 6.45) is 3.65. The molecule has 0 aromatic carbocycles. The molecule has 12 heavy (non-hydrogen) atoms. The molecule has 1 saturated carbocycles. The molecule has 0 aromatic heterocycles. The van der Waals surface area contributed by atoms with Gasteiger partial charge in [0.25, 0.3) is 0 Å². The van der Waals surface area contributed by atoms with E-state index in [-0.39, 0.29) is 12.2 Å². The van der Waals surface area contributed by atoms with Crippen molar-refractivity contribution in [3.63, 3.8) is 0 Å². The van der Waals surface area contributed by atoms with E-state index in [4.69, 9.17) is 9.47 Å².